The zero-order valence-corrected chi connectivity index (χ0v) is 12.1. The van der Waals surface area contributed by atoms with Crippen LogP contribution in [0.4, 0.5) is 9.18 Å². The summed E-state index contributed by atoms with van der Waals surface area (Å²) in [6, 6.07) is 6.16. The Kier molecular flexibility index (Phi) is 4.28. The summed E-state index contributed by atoms with van der Waals surface area (Å²) in [5, 5.41) is 3.23. The molecule has 1 aromatic rings. The van der Waals surface area contributed by atoms with Crippen LogP contribution in [0.2, 0.25) is 0 Å². The van der Waals surface area contributed by atoms with E-state index in [4.69, 9.17) is 4.74 Å². The van der Waals surface area contributed by atoms with Crippen LogP contribution >= 0.6 is 0 Å². The first-order valence-corrected chi connectivity index (χ1v) is 6.82. The van der Waals surface area contributed by atoms with Crippen molar-refractivity contribution in [2.24, 2.45) is 0 Å². The molecule has 0 unspecified atom stereocenters. The molecule has 0 aliphatic carbocycles. The van der Waals surface area contributed by atoms with Gasteiger partial charge in [-0.1, -0.05) is 12.1 Å². The van der Waals surface area contributed by atoms with E-state index in [9.17, 15) is 9.18 Å². The Bertz CT molecular complexity index is 485. The average molecular weight is 280 g/mol. The van der Waals surface area contributed by atoms with E-state index in [1.807, 2.05) is 26.8 Å². The third-order valence-corrected chi connectivity index (χ3v) is 3.10. The van der Waals surface area contributed by atoms with E-state index in [0.717, 1.165) is 5.56 Å². The number of nitrogens with zero attached hydrogens (tertiary/aromatic N) is 1. The first kappa shape index (κ1) is 14.8. The van der Waals surface area contributed by atoms with Crippen molar-refractivity contribution in [1.82, 2.24) is 10.2 Å². The lowest BCUT2D eigenvalue weighted by Crippen LogP contribution is -2.50. The quantitative estimate of drug-likeness (QED) is 0.860. The van der Waals surface area contributed by atoms with Gasteiger partial charge in [0.2, 0.25) is 0 Å². The van der Waals surface area contributed by atoms with Crippen molar-refractivity contribution in [2.45, 2.75) is 32.4 Å². The summed E-state index contributed by atoms with van der Waals surface area (Å²) in [5.74, 6) is -0.294. The summed E-state index contributed by atoms with van der Waals surface area (Å²) in [4.78, 5) is 13.9. The molecule has 1 fully saturated rings. The van der Waals surface area contributed by atoms with Crippen LogP contribution in [0.3, 0.4) is 0 Å². The first-order valence-electron chi connectivity index (χ1n) is 6.82. The Hall–Kier alpha value is -1.62. The fraction of sp³-hybridized carbons (Fsp3) is 0.533. The molecule has 1 amide bonds. The number of carbonyl (C=O) groups excluding carboxylic acids is 1. The maximum atomic E-state index is 13.4. The summed E-state index contributed by atoms with van der Waals surface area (Å²) >= 11 is 0. The van der Waals surface area contributed by atoms with E-state index in [2.05, 4.69) is 5.32 Å². The van der Waals surface area contributed by atoms with Gasteiger partial charge in [0.1, 0.15) is 11.4 Å². The lowest BCUT2D eigenvalue weighted by molar-refractivity contribution is 0.0117. The Morgan fingerprint density at radius 1 is 1.45 bits per heavy atom. The fourth-order valence-electron chi connectivity index (χ4n) is 2.26. The molecule has 1 aliphatic rings. The molecule has 4 nitrogen and oxygen atoms in total. The molecule has 1 aromatic carbocycles. The van der Waals surface area contributed by atoms with E-state index in [1.54, 1.807) is 11.0 Å². The number of carbonyl (C=O) groups is 1. The predicted molar refractivity (Wildman–Crippen MR) is 75.0 cm³/mol. The summed E-state index contributed by atoms with van der Waals surface area (Å²) in [7, 11) is 0. The van der Waals surface area contributed by atoms with Crippen molar-refractivity contribution >= 4 is 6.09 Å². The molecule has 0 saturated carbocycles. The van der Waals surface area contributed by atoms with Gasteiger partial charge in [-0.15, -0.1) is 0 Å². The van der Waals surface area contributed by atoms with E-state index >= 15 is 0 Å². The van der Waals surface area contributed by atoms with Crippen molar-refractivity contribution < 1.29 is 13.9 Å². The SMILES string of the molecule is CC(C)(C)OC(=O)N1CCNC[C@@H]1c1cccc(F)c1. The number of hydrogen-bond donors (Lipinski definition) is 1. The van der Waals surface area contributed by atoms with Crippen LogP contribution < -0.4 is 5.32 Å². The van der Waals surface area contributed by atoms with Crippen molar-refractivity contribution in [1.29, 1.82) is 0 Å². The predicted octanol–water partition coefficient (Wildman–Crippen LogP) is 2.71. The van der Waals surface area contributed by atoms with Gasteiger partial charge in [-0.05, 0) is 38.5 Å². The van der Waals surface area contributed by atoms with Crippen LogP contribution in [-0.2, 0) is 4.74 Å². The van der Waals surface area contributed by atoms with Gasteiger partial charge in [0.15, 0.2) is 0 Å². The zero-order chi connectivity index (χ0) is 14.8. The lowest BCUT2D eigenvalue weighted by atomic mass is 10.0. The largest absolute Gasteiger partial charge is 0.444 e. The van der Waals surface area contributed by atoms with Gasteiger partial charge in [0.05, 0.1) is 6.04 Å². The second-order valence-corrected chi connectivity index (χ2v) is 5.95. The minimum atomic E-state index is -0.533. The zero-order valence-electron chi connectivity index (χ0n) is 12.1. The second-order valence-electron chi connectivity index (χ2n) is 5.95. The number of rotatable bonds is 1. The molecule has 1 saturated heterocycles. The lowest BCUT2D eigenvalue weighted by Gasteiger charge is -2.37. The molecule has 110 valence electrons. The van der Waals surface area contributed by atoms with E-state index < -0.39 is 5.60 Å². The van der Waals surface area contributed by atoms with Crippen molar-refractivity contribution in [3.63, 3.8) is 0 Å². The first-order chi connectivity index (χ1) is 9.37. The van der Waals surface area contributed by atoms with Gasteiger partial charge in [-0.2, -0.15) is 0 Å². The third kappa shape index (κ3) is 3.70. The standard InChI is InChI=1S/C15H21FN2O2/c1-15(2,3)20-14(19)18-8-7-17-10-13(18)11-5-4-6-12(16)9-11/h4-6,9,13,17H,7-8,10H2,1-3H3/t13-/m1/s1. The number of hydrogen-bond acceptors (Lipinski definition) is 3. The molecule has 0 radical (unpaired) electrons. The Morgan fingerprint density at radius 3 is 2.85 bits per heavy atom. The van der Waals surface area contributed by atoms with Crippen LogP contribution in [0, 0.1) is 5.82 Å². The van der Waals surface area contributed by atoms with Gasteiger partial charge in [-0.3, -0.25) is 4.90 Å². The Morgan fingerprint density at radius 2 is 2.20 bits per heavy atom. The molecule has 1 atom stereocenters. The maximum absolute atomic E-state index is 13.4. The highest BCUT2D eigenvalue weighted by Crippen LogP contribution is 2.24. The molecule has 0 bridgehead atoms. The molecule has 0 spiro atoms. The topological polar surface area (TPSA) is 41.6 Å². The molecule has 1 N–H and O–H groups in total. The summed E-state index contributed by atoms with van der Waals surface area (Å²) < 4.78 is 18.8. The van der Waals surface area contributed by atoms with E-state index in [1.165, 1.54) is 12.1 Å². The highest BCUT2D eigenvalue weighted by molar-refractivity contribution is 5.69. The van der Waals surface area contributed by atoms with Gasteiger partial charge in [0, 0.05) is 19.6 Å². The minimum Gasteiger partial charge on any atom is -0.444 e. The number of piperazine rings is 1. The number of nitrogens with one attached hydrogen (secondary N) is 1. The number of amides is 1. The third-order valence-electron chi connectivity index (χ3n) is 3.10. The summed E-state index contributed by atoms with van der Waals surface area (Å²) in [6.07, 6.45) is -0.353. The minimum absolute atomic E-state index is 0.200. The summed E-state index contributed by atoms with van der Waals surface area (Å²) in [6.45, 7) is 7.38. The Balaban J connectivity index is 2.19. The smallest absolute Gasteiger partial charge is 0.410 e. The van der Waals surface area contributed by atoms with Gasteiger partial charge in [-0.25, -0.2) is 9.18 Å². The van der Waals surface area contributed by atoms with Crippen molar-refractivity contribution in [3.8, 4) is 0 Å². The molecule has 1 heterocycles. The van der Waals surface area contributed by atoms with Gasteiger partial charge in [0.25, 0.3) is 0 Å². The summed E-state index contributed by atoms with van der Waals surface area (Å²) in [5.41, 5.74) is 0.247. The van der Waals surface area contributed by atoms with Crippen LogP contribution in [0.5, 0.6) is 0 Å². The molecule has 0 aromatic heterocycles. The Labute approximate surface area is 118 Å². The molecule has 2 rings (SSSR count). The molecule has 20 heavy (non-hydrogen) atoms. The highest BCUT2D eigenvalue weighted by atomic mass is 19.1. The van der Waals surface area contributed by atoms with Crippen molar-refractivity contribution in [3.05, 3.63) is 35.6 Å². The maximum Gasteiger partial charge on any atom is 0.410 e. The van der Waals surface area contributed by atoms with Crippen LogP contribution in [-0.4, -0.2) is 36.2 Å². The molecule has 1 aliphatic heterocycles. The van der Waals surface area contributed by atoms with Crippen LogP contribution in [0.15, 0.2) is 24.3 Å². The second kappa shape index (κ2) is 5.79. The molecule has 5 heteroatoms. The molecular weight excluding hydrogens is 259 g/mol. The highest BCUT2D eigenvalue weighted by Gasteiger charge is 2.31. The fourth-order valence-corrected chi connectivity index (χ4v) is 2.26. The van der Waals surface area contributed by atoms with Crippen LogP contribution in [0.1, 0.15) is 32.4 Å². The average Bonchev–Trinajstić information content (AvgIpc) is 2.37. The number of benzene rings is 1. The monoisotopic (exact) mass is 280 g/mol. The van der Waals surface area contributed by atoms with Crippen molar-refractivity contribution in [2.75, 3.05) is 19.6 Å². The number of ether oxygens (including phenoxy) is 1. The molecular formula is C15H21FN2O2. The van der Waals surface area contributed by atoms with E-state index in [0.29, 0.717) is 19.6 Å². The number of halogens is 1. The van der Waals surface area contributed by atoms with Gasteiger partial charge >= 0.3 is 6.09 Å². The van der Waals surface area contributed by atoms with Crippen LogP contribution in [0.25, 0.3) is 0 Å². The normalized spacial score (nSPS) is 19.8. The van der Waals surface area contributed by atoms with Gasteiger partial charge < -0.3 is 10.1 Å². The van der Waals surface area contributed by atoms with E-state index in [-0.39, 0.29) is 18.0 Å².